The first-order chi connectivity index (χ1) is 12.1. The van der Waals surface area contributed by atoms with E-state index in [9.17, 15) is 4.79 Å². The maximum absolute atomic E-state index is 12.7. The smallest absolute Gasteiger partial charge is 0.254 e. The molecule has 0 radical (unpaired) electrons. The molecule has 1 aromatic heterocycles. The molecule has 1 amide bonds. The zero-order chi connectivity index (χ0) is 17.8. The Morgan fingerprint density at radius 2 is 1.96 bits per heavy atom. The van der Waals surface area contributed by atoms with Gasteiger partial charge in [-0.3, -0.25) is 4.79 Å². The third-order valence-electron chi connectivity index (χ3n) is 4.33. The van der Waals surface area contributed by atoms with E-state index in [4.69, 9.17) is 23.2 Å². The van der Waals surface area contributed by atoms with E-state index in [1.54, 1.807) is 30.5 Å². The van der Waals surface area contributed by atoms with Crippen LogP contribution < -0.4 is 5.32 Å². The highest BCUT2D eigenvalue weighted by atomic mass is 35.5. The molecule has 1 fully saturated rings. The lowest BCUT2D eigenvalue weighted by atomic mass is 10.2. The minimum Gasteiger partial charge on any atom is -0.339 e. The number of carbonyl (C=O) groups excluding carboxylic acids is 1. The van der Waals surface area contributed by atoms with Crippen LogP contribution in [0.25, 0.3) is 0 Å². The van der Waals surface area contributed by atoms with Crippen molar-refractivity contribution in [3.63, 3.8) is 0 Å². The van der Waals surface area contributed by atoms with Gasteiger partial charge in [-0.05, 0) is 30.8 Å². The predicted octanol–water partition coefficient (Wildman–Crippen LogP) is 3.91. The Balaban J connectivity index is 1.73. The summed E-state index contributed by atoms with van der Waals surface area (Å²) < 4.78 is 0. The van der Waals surface area contributed by atoms with Crippen molar-refractivity contribution < 1.29 is 4.79 Å². The van der Waals surface area contributed by atoms with Gasteiger partial charge < -0.3 is 15.1 Å². The number of rotatable bonds is 4. The van der Waals surface area contributed by atoms with Crippen molar-refractivity contribution in [1.82, 2.24) is 14.8 Å². The molecule has 1 aliphatic rings. The molecular formula is C18H20Cl2N4O. The summed E-state index contributed by atoms with van der Waals surface area (Å²) in [7, 11) is 0. The normalized spacial score (nSPS) is 15.2. The fourth-order valence-corrected chi connectivity index (χ4v) is 3.17. The molecule has 0 bridgehead atoms. The van der Waals surface area contributed by atoms with Crippen LogP contribution in [-0.2, 0) is 0 Å². The molecule has 0 aliphatic carbocycles. The van der Waals surface area contributed by atoms with Crippen molar-refractivity contribution >= 4 is 40.6 Å². The molecule has 3 rings (SSSR count). The molecule has 2 heterocycles. The maximum atomic E-state index is 12.7. The van der Waals surface area contributed by atoms with E-state index in [1.165, 1.54) is 0 Å². The van der Waals surface area contributed by atoms with Crippen molar-refractivity contribution in [1.29, 1.82) is 0 Å². The first-order valence-electron chi connectivity index (χ1n) is 8.27. The monoisotopic (exact) mass is 378 g/mol. The zero-order valence-corrected chi connectivity index (χ0v) is 15.5. The van der Waals surface area contributed by atoms with Gasteiger partial charge in [0.1, 0.15) is 5.82 Å². The van der Waals surface area contributed by atoms with Gasteiger partial charge in [-0.25, -0.2) is 4.98 Å². The van der Waals surface area contributed by atoms with Crippen LogP contribution in [0.1, 0.15) is 17.3 Å². The van der Waals surface area contributed by atoms with Gasteiger partial charge in [0.2, 0.25) is 0 Å². The Hall–Kier alpha value is -1.82. The van der Waals surface area contributed by atoms with E-state index in [2.05, 4.69) is 22.1 Å². The standard InChI is InChI=1S/C18H20Cl2N4O/c1-2-23-8-10-24(11-9-23)18(25)13-6-7-21-16(12-13)22-15-5-3-4-14(19)17(15)20/h3-7,12H,2,8-11H2,1H3,(H,21,22). The van der Waals surface area contributed by atoms with Gasteiger partial charge >= 0.3 is 0 Å². The van der Waals surface area contributed by atoms with Crippen LogP contribution in [0.3, 0.4) is 0 Å². The fourth-order valence-electron chi connectivity index (χ4n) is 2.82. The molecule has 1 aliphatic heterocycles. The lowest BCUT2D eigenvalue weighted by molar-refractivity contribution is 0.0643. The molecule has 0 spiro atoms. The lowest BCUT2D eigenvalue weighted by Gasteiger charge is -2.34. The molecule has 0 atom stereocenters. The summed E-state index contributed by atoms with van der Waals surface area (Å²) >= 11 is 12.2. The number of benzene rings is 1. The van der Waals surface area contributed by atoms with E-state index < -0.39 is 0 Å². The Bertz CT molecular complexity index is 760. The average Bonchev–Trinajstić information content (AvgIpc) is 2.65. The highest BCUT2D eigenvalue weighted by Gasteiger charge is 2.21. The molecule has 0 saturated carbocycles. The molecule has 1 N–H and O–H groups in total. The third-order valence-corrected chi connectivity index (χ3v) is 5.15. The number of aromatic nitrogens is 1. The molecule has 132 valence electrons. The van der Waals surface area contributed by atoms with Crippen LogP contribution in [0.15, 0.2) is 36.5 Å². The Morgan fingerprint density at radius 3 is 2.68 bits per heavy atom. The number of hydrogen-bond donors (Lipinski definition) is 1. The molecule has 1 saturated heterocycles. The summed E-state index contributed by atoms with van der Waals surface area (Å²) in [6, 6.07) is 8.82. The summed E-state index contributed by atoms with van der Waals surface area (Å²) in [6.45, 7) is 6.48. The maximum Gasteiger partial charge on any atom is 0.254 e. The van der Waals surface area contributed by atoms with E-state index >= 15 is 0 Å². The Morgan fingerprint density at radius 1 is 1.20 bits per heavy atom. The quantitative estimate of drug-likeness (QED) is 0.875. The number of amides is 1. The number of hydrogen-bond acceptors (Lipinski definition) is 4. The SMILES string of the molecule is CCN1CCN(C(=O)c2ccnc(Nc3cccc(Cl)c3Cl)c2)CC1. The summed E-state index contributed by atoms with van der Waals surface area (Å²) in [6.07, 6.45) is 1.62. The van der Waals surface area contributed by atoms with Gasteiger partial charge in [0.25, 0.3) is 5.91 Å². The van der Waals surface area contributed by atoms with E-state index in [-0.39, 0.29) is 5.91 Å². The summed E-state index contributed by atoms with van der Waals surface area (Å²) in [4.78, 5) is 21.2. The van der Waals surface area contributed by atoms with Crippen molar-refractivity contribution in [2.45, 2.75) is 6.92 Å². The molecule has 1 aromatic carbocycles. The first-order valence-corrected chi connectivity index (χ1v) is 9.03. The van der Waals surface area contributed by atoms with Crippen LogP contribution in [0, 0.1) is 0 Å². The number of anilines is 2. The molecule has 5 nitrogen and oxygen atoms in total. The summed E-state index contributed by atoms with van der Waals surface area (Å²) in [5.74, 6) is 0.584. The number of likely N-dealkylation sites (N-methyl/N-ethyl adjacent to an activating group) is 1. The second-order valence-corrected chi connectivity index (χ2v) is 6.67. The number of carbonyl (C=O) groups is 1. The molecule has 25 heavy (non-hydrogen) atoms. The van der Waals surface area contributed by atoms with Crippen molar-refractivity contribution in [3.05, 3.63) is 52.1 Å². The number of pyridine rings is 1. The Kier molecular flexibility index (Phi) is 5.78. The molecule has 7 heteroatoms. The van der Waals surface area contributed by atoms with Crippen LogP contribution in [0.4, 0.5) is 11.5 Å². The molecule has 0 unspecified atom stereocenters. The van der Waals surface area contributed by atoms with Gasteiger partial charge in [-0.2, -0.15) is 0 Å². The van der Waals surface area contributed by atoms with Gasteiger partial charge in [0.05, 0.1) is 15.7 Å². The predicted molar refractivity (Wildman–Crippen MR) is 102 cm³/mol. The fraction of sp³-hybridized carbons (Fsp3) is 0.333. The number of halogens is 2. The van der Waals surface area contributed by atoms with Crippen LogP contribution in [0.2, 0.25) is 10.0 Å². The second-order valence-electron chi connectivity index (χ2n) is 5.88. The third kappa shape index (κ3) is 4.24. The van der Waals surface area contributed by atoms with E-state index in [0.29, 0.717) is 27.1 Å². The topological polar surface area (TPSA) is 48.5 Å². The van der Waals surface area contributed by atoms with Crippen molar-refractivity contribution in [2.75, 3.05) is 38.0 Å². The Labute approximate surface area is 157 Å². The van der Waals surface area contributed by atoms with Crippen LogP contribution in [-0.4, -0.2) is 53.4 Å². The highest BCUT2D eigenvalue weighted by Crippen LogP contribution is 2.31. The van der Waals surface area contributed by atoms with Gasteiger partial charge in [0, 0.05) is 37.9 Å². The average molecular weight is 379 g/mol. The van der Waals surface area contributed by atoms with Crippen molar-refractivity contribution in [3.8, 4) is 0 Å². The lowest BCUT2D eigenvalue weighted by Crippen LogP contribution is -2.48. The van der Waals surface area contributed by atoms with Crippen molar-refractivity contribution in [2.24, 2.45) is 0 Å². The number of nitrogens with zero attached hydrogens (tertiary/aromatic N) is 3. The molecular weight excluding hydrogens is 359 g/mol. The molecule has 2 aromatic rings. The largest absolute Gasteiger partial charge is 0.339 e. The number of nitrogens with one attached hydrogen (secondary N) is 1. The van der Waals surface area contributed by atoms with Gasteiger partial charge in [-0.1, -0.05) is 36.2 Å². The summed E-state index contributed by atoms with van der Waals surface area (Å²) in [5, 5.41) is 4.02. The number of piperazine rings is 1. The van der Waals surface area contributed by atoms with E-state index in [0.717, 1.165) is 32.7 Å². The van der Waals surface area contributed by atoms with Gasteiger partial charge in [0.15, 0.2) is 0 Å². The minimum absolute atomic E-state index is 0.0263. The highest BCUT2D eigenvalue weighted by molar-refractivity contribution is 6.43. The minimum atomic E-state index is 0.0263. The van der Waals surface area contributed by atoms with Crippen LogP contribution >= 0.6 is 23.2 Å². The summed E-state index contributed by atoms with van der Waals surface area (Å²) in [5.41, 5.74) is 1.27. The van der Waals surface area contributed by atoms with Gasteiger partial charge in [-0.15, -0.1) is 0 Å². The van der Waals surface area contributed by atoms with Crippen LogP contribution in [0.5, 0.6) is 0 Å². The first kappa shape index (κ1) is 18.0. The zero-order valence-electron chi connectivity index (χ0n) is 14.0. The van der Waals surface area contributed by atoms with E-state index in [1.807, 2.05) is 11.0 Å². The second kappa shape index (κ2) is 8.04.